The number of hydrogen-bond donors (Lipinski definition) is 1. The summed E-state index contributed by atoms with van der Waals surface area (Å²) in [6.45, 7) is -0.205. The zero-order valence-corrected chi connectivity index (χ0v) is 12.5. The van der Waals surface area contributed by atoms with Crippen molar-refractivity contribution in [3.63, 3.8) is 0 Å². The smallest absolute Gasteiger partial charge is 0.343 e. The summed E-state index contributed by atoms with van der Waals surface area (Å²) in [5, 5.41) is 2.72. The molecule has 0 fully saturated rings. The third-order valence-electron chi connectivity index (χ3n) is 2.98. The quantitative estimate of drug-likeness (QED) is 0.832. The van der Waals surface area contributed by atoms with Crippen molar-refractivity contribution in [3.05, 3.63) is 59.9 Å². The maximum absolute atomic E-state index is 12.8. The van der Waals surface area contributed by atoms with Gasteiger partial charge in [-0.2, -0.15) is 0 Å². The van der Waals surface area contributed by atoms with Gasteiger partial charge in [0.05, 0.1) is 13.5 Å². The SMILES string of the molecule is COC(=O)COc1cccc(NC(=O)Cc2ccc(F)cc2)c1. The summed E-state index contributed by atoms with van der Waals surface area (Å²) in [6, 6.07) is 12.4. The van der Waals surface area contributed by atoms with Gasteiger partial charge in [0.25, 0.3) is 0 Å². The van der Waals surface area contributed by atoms with E-state index in [1.807, 2.05) is 0 Å². The van der Waals surface area contributed by atoms with Crippen molar-refractivity contribution in [3.8, 4) is 5.75 Å². The molecule has 0 spiro atoms. The zero-order valence-electron chi connectivity index (χ0n) is 12.5. The molecular weight excluding hydrogens is 301 g/mol. The predicted molar refractivity (Wildman–Crippen MR) is 82.7 cm³/mol. The lowest BCUT2D eigenvalue weighted by molar-refractivity contribution is -0.142. The molecular formula is C17H16FNO4. The Balaban J connectivity index is 1.92. The van der Waals surface area contributed by atoms with Crippen LogP contribution in [-0.2, 0) is 20.7 Å². The lowest BCUT2D eigenvalue weighted by atomic mass is 10.1. The van der Waals surface area contributed by atoms with Crippen molar-refractivity contribution >= 4 is 17.6 Å². The molecule has 0 saturated heterocycles. The van der Waals surface area contributed by atoms with Crippen LogP contribution in [0.2, 0.25) is 0 Å². The Bertz CT molecular complexity index is 685. The van der Waals surface area contributed by atoms with Gasteiger partial charge >= 0.3 is 5.97 Å². The molecule has 1 N–H and O–H groups in total. The molecule has 0 unspecified atom stereocenters. The molecule has 2 aromatic carbocycles. The van der Waals surface area contributed by atoms with Gasteiger partial charge in [-0.15, -0.1) is 0 Å². The molecule has 120 valence electrons. The molecule has 2 aromatic rings. The number of ether oxygens (including phenoxy) is 2. The van der Waals surface area contributed by atoms with Crippen LogP contribution in [0.3, 0.4) is 0 Å². The third-order valence-corrected chi connectivity index (χ3v) is 2.98. The van der Waals surface area contributed by atoms with Crippen LogP contribution in [-0.4, -0.2) is 25.6 Å². The largest absolute Gasteiger partial charge is 0.482 e. The molecule has 2 rings (SSSR count). The first-order chi connectivity index (χ1) is 11.1. The minimum Gasteiger partial charge on any atom is -0.482 e. The van der Waals surface area contributed by atoms with E-state index in [4.69, 9.17) is 4.74 Å². The molecule has 0 saturated carbocycles. The van der Waals surface area contributed by atoms with Gasteiger partial charge in [-0.25, -0.2) is 9.18 Å². The highest BCUT2D eigenvalue weighted by Gasteiger charge is 2.06. The fourth-order valence-corrected chi connectivity index (χ4v) is 1.86. The van der Waals surface area contributed by atoms with Gasteiger partial charge in [-0.05, 0) is 29.8 Å². The van der Waals surface area contributed by atoms with Crippen LogP contribution in [0.1, 0.15) is 5.56 Å². The Morgan fingerprint density at radius 1 is 1.13 bits per heavy atom. The summed E-state index contributed by atoms with van der Waals surface area (Å²) in [6.07, 6.45) is 0.132. The molecule has 0 radical (unpaired) electrons. The van der Waals surface area contributed by atoms with E-state index in [1.165, 1.54) is 19.2 Å². The number of amides is 1. The summed E-state index contributed by atoms with van der Waals surface area (Å²) < 4.78 is 22.5. The molecule has 0 aliphatic rings. The lowest BCUT2D eigenvalue weighted by Crippen LogP contribution is -2.15. The van der Waals surface area contributed by atoms with Gasteiger partial charge in [0, 0.05) is 11.8 Å². The molecule has 0 aliphatic heterocycles. The second kappa shape index (κ2) is 7.93. The van der Waals surface area contributed by atoms with Crippen LogP contribution in [0.5, 0.6) is 5.75 Å². The predicted octanol–water partition coefficient (Wildman–Crippen LogP) is 2.56. The van der Waals surface area contributed by atoms with E-state index in [9.17, 15) is 14.0 Å². The highest BCUT2D eigenvalue weighted by atomic mass is 19.1. The minimum atomic E-state index is -0.490. The van der Waals surface area contributed by atoms with Gasteiger partial charge in [0.15, 0.2) is 6.61 Å². The Kier molecular flexibility index (Phi) is 5.68. The summed E-state index contributed by atoms with van der Waals surface area (Å²) in [4.78, 5) is 23.0. The topological polar surface area (TPSA) is 64.6 Å². The lowest BCUT2D eigenvalue weighted by Gasteiger charge is -2.08. The zero-order chi connectivity index (χ0) is 16.7. The van der Waals surface area contributed by atoms with Crippen LogP contribution in [0.25, 0.3) is 0 Å². The molecule has 1 amide bonds. The number of rotatable bonds is 6. The fraction of sp³-hybridized carbons (Fsp3) is 0.176. The molecule has 23 heavy (non-hydrogen) atoms. The monoisotopic (exact) mass is 317 g/mol. The van der Waals surface area contributed by atoms with Crippen molar-refractivity contribution in [2.75, 3.05) is 19.0 Å². The maximum Gasteiger partial charge on any atom is 0.343 e. The summed E-state index contributed by atoms with van der Waals surface area (Å²) in [7, 11) is 1.28. The number of benzene rings is 2. The first kappa shape index (κ1) is 16.5. The number of carbonyl (C=O) groups excluding carboxylic acids is 2. The fourth-order valence-electron chi connectivity index (χ4n) is 1.86. The van der Waals surface area contributed by atoms with Gasteiger partial charge in [0.2, 0.25) is 5.91 Å². The van der Waals surface area contributed by atoms with E-state index >= 15 is 0 Å². The van der Waals surface area contributed by atoms with Gasteiger partial charge in [0.1, 0.15) is 11.6 Å². The van der Waals surface area contributed by atoms with Crippen LogP contribution >= 0.6 is 0 Å². The van der Waals surface area contributed by atoms with E-state index in [-0.39, 0.29) is 24.8 Å². The van der Waals surface area contributed by atoms with E-state index in [2.05, 4.69) is 10.1 Å². The van der Waals surface area contributed by atoms with Crippen molar-refractivity contribution < 1.29 is 23.5 Å². The van der Waals surface area contributed by atoms with Crippen molar-refractivity contribution in [2.45, 2.75) is 6.42 Å². The first-order valence-corrected chi connectivity index (χ1v) is 6.91. The number of hydrogen-bond acceptors (Lipinski definition) is 4. The number of nitrogens with one attached hydrogen (secondary N) is 1. The molecule has 5 nitrogen and oxygen atoms in total. The highest BCUT2D eigenvalue weighted by Crippen LogP contribution is 2.17. The standard InChI is InChI=1S/C17H16FNO4/c1-22-17(21)11-23-15-4-2-3-14(10-15)19-16(20)9-12-5-7-13(18)8-6-12/h2-8,10H,9,11H2,1H3,(H,19,20). The molecule has 6 heteroatoms. The van der Waals surface area contributed by atoms with Gasteiger partial charge in [-0.3, -0.25) is 4.79 Å². The van der Waals surface area contributed by atoms with Crippen LogP contribution < -0.4 is 10.1 Å². The molecule has 0 aromatic heterocycles. The van der Waals surface area contributed by atoms with Crippen LogP contribution in [0, 0.1) is 5.82 Å². The third kappa shape index (κ3) is 5.43. The first-order valence-electron chi connectivity index (χ1n) is 6.91. The van der Waals surface area contributed by atoms with Crippen molar-refractivity contribution in [1.82, 2.24) is 0 Å². The van der Waals surface area contributed by atoms with E-state index in [0.29, 0.717) is 17.0 Å². The number of halogens is 1. The average Bonchev–Trinajstić information content (AvgIpc) is 2.55. The van der Waals surface area contributed by atoms with E-state index < -0.39 is 5.97 Å². The Morgan fingerprint density at radius 2 is 1.87 bits per heavy atom. The number of carbonyl (C=O) groups is 2. The second-order valence-corrected chi connectivity index (χ2v) is 4.74. The van der Waals surface area contributed by atoms with Gasteiger partial charge in [-0.1, -0.05) is 18.2 Å². The molecule has 0 atom stereocenters. The highest BCUT2D eigenvalue weighted by molar-refractivity contribution is 5.92. The Labute approximate surface area is 133 Å². The van der Waals surface area contributed by atoms with E-state index in [0.717, 1.165) is 0 Å². The maximum atomic E-state index is 12.8. The summed E-state index contributed by atoms with van der Waals surface area (Å²) in [5.74, 6) is -0.628. The van der Waals surface area contributed by atoms with E-state index in [1.54, 1.807) is 36.4 Å². The number of methoxy groups -OCH3 is 1. The van der Waals surface area contributed by atoms with Gasteiger partial charge < -0.3 is 14.8 Å². The Hall–Kier alpha value is -2.89. The molecule has 0 heterocycles. The number of esters is 1. The van der Waals surface area contributed by atoms with Crippen molar-refractivity contribution in [2.24, 2.45) is 0 Å². The number of anilines is 1. The second-order valence-electron chi connectivity index (χ2n) is 4.74. The molecule has 0 bridgehead atoms. The van der Waals surface area contributed by atoms with Crippen LogP contribution in [0.15, 0.2) is 48.5 Å². The minimum absolute atomic E-state index is 0.132. The summed E-state index contributed by atoms with van der Waals surface area (Å²) in [5.41, 5.74) is 1.25. The molecule has 0 aliphatic carbocycles. The van der Waals surface area contributed by atoms with Crippen molar-refractivity contribution in [1.29, 1.82) is 0 Å². The average molecular weight is 317 g/mol. The van der Waals surface area contributed by atoms with Crippen LogP contribution in [0.4, 0.5) is 10.1 Å². The summed E-state index contributed by atoms with van der Waals surface area (Å²) >= 11 is 0. The Morgan fingerprint density at radius 3 is 2.57 bits per heavy atom. The normalized spacial score (nSPS) is 10.0.